The zero-order valence-electron chi connectivity index (χ0n) is 24.3. The molecule has 5 aromatic heterocycles. The van der Waals surface area contributed by atoms with Crippen LogP contribution in [0.3, 0.4) is 0 Å². The number of imidazole rings is 1. The first-order chi connectivity index (χ1) is 21.7. The highest BCUT2D eigenvalue weighted by Crippen LogP contribution is 2.33. The van der Waals surface area contributed by atoms with Crippen molar-refractivity contribution >= 4 is 43.5 Å². The van der Waals surface area contributed by atoms with Crippen molar-refractivity contribution in [1.82, 2.24) is 35.1 Å². The van der Waals surface area contributed by atoms with Crippen molar-refractivity contribution in [3.63, 3.8) is 0 Å². The van der Waals surface area contributed by atoms with Gasteiger partial charge in [0, 0.05) is 47.5 Å². The normalized spacial score (nSPS) is 14.0. The first-order valence-electron chi connectivity index (χ1n) is 14.6. The van der Waals surface area contributed by atoms with Crippen LogP contribution in [0.2, 0.25) is 0 Å². The fourth-order valence-corrected chi connectivity index (χ4v) is 6.44. The number of rotatable bonds is 8. The minimum absolute atomic E-state index is 0.0271. The van der Waals surface area contributed by atoms with Gasteiger partial charge in [-0.15, -0.1) is 0 Å². The van der Waals surface area contributed by atoms with Gasteiger partial charge in [-0.1, -0.05) is 12.8 Å². The van der Waals surface area contributed by atoms with Crippen LogP contribution in [0.5, 0.6) is 0 Å². The quantitative estimate of drug-likeness (QED) is 0.201. The summed E-state index contributed by atoms with van der Waals surface area (Å²) in [6.07, 6.45) is 12.0. The zero-order chi connectivity index (χ0) is 31.1. The molecule has 0 atom stereocenters. The van der Waals surface area contributed by atoms with Crippen LogP contribution in [-0.4, -0.2) is 61.5 Å². The number of aromatic nitrogens is 7. The maximum absolute atomic E-state index is 14.6. The maximum atomic E-state index is 14.6. The predicted octanol–water partition coefficient (Wildman–Crippen LogP) is 5.48. The molecule has 45 heavy (non-hydrogen) atoms. The predicted molar refractivity (Wildman–Crippen MR) is 169 cm³/mol. The van der Waals surface area contributed by atoms with Crippen molar-refractivity contribution in [2.24, 2.45) is 5.92 Å². The van der Waals surface area contributed by atoms with Gasteiger partial charge >= 0.3 is 0 Å². The smallest absolute Gasteiger partial charge is 0.227 e. The van der Waals surface area contributed by atoms with Gasteiger partial charge in [0.2, 0.25) is 5.91 Å². The number of carbonyl (C=O) groups is 1. The Morgan fingerprint density at radius 3 is 2.67 bits per heavy atom. The monoisotopic (exact) mass is 624 g/mol. The Balaban J connectivity index is 1.22. The number of fused-ring (bicyclic) bond motifs is 2. The lowest BCUT2D eigenvalue weighted by atomic mass is 10.0. The van der Waals surface area contributed by atoms with E-state index in [0.717, 1.165) is 48.5 Å². The number of nitrogens with zero attached hydrogens (tertiary/aromatic N) is 5. The molecule has 11 nitrogen and oxygen atoms in total. The van der Waals surface area contributed by atoms with Crippen molar-refractivity contribution in [3.05, 3.63) is 72.6 Å². The number of nitrogens with one attached hydrogen (secondary N) is 3. The summed E-state index contributed by atoms with van der Waals surface area (Å²) in [5, 5.41) is 11.1. The third-order valence-corrected chi connectivity index (χ3v) is 9.05. The molecule has 0 radical (unpaired) electrons. The molecule has 1 saturated carbocycles. The van der Waals surface area contributed by atoms with Gasteiger partial charge in [0.25, 0.3) is 0 Å². The number of amides is 1. The van der Waals surface area contributed by atoms with Crippen LogP contribution in [0.15, 0.2) is 61.2 Å². The first-order valence-corrected chi connectivity index (χ1v) is 16.7. The molecule has 1 amide bonds. The lowest BCUT2D eigenvalue weighted by Gasteiger charge is -2.11. The first kappa shape index (κ1) is 28.7. The molecule has 3 N–H and O–H groups in total. The molecule has 7 rings (SSSR count). The van der Waals surface area contributed by atoms with Crippen LogP contribution < -0.4 is 5.32 Å². The molecule has 0 bridgehead atoms. The van der Waals surface area contributed by atoms with Gasteiger partial charge in [-0.2, -0.15) is 5.10 Å². The van der Waals surface area contributed by atoms with Crippen molar-refractivity contribution in [1.29, 1.82) is 0 Å². The molecule has 6 aromatic rings. The third-order valence-electron chi connectivity index (χ3n) is 8.10. The molecule has 0 saturated heterocycles. The minimum atomic E-state index is -3.21. The van der Waals surface area contributed by atoms with Gasteiger partial charge in [-0.05, 0) is 61.2 Å². The van der Waals surface area contributed by atoms with Gasteiger partial charge < -0.3 is 10.3 Å². The molecule has 0 aliphatic heterocycles. The van der Waals surface area contributed by atoms with Gasteiger partial charge in [0.15, 0.2) is 11.5 Å². The van der Waals surface area contributed by atoms with E-state index in [1.54, 1.807) is 36.9 Å². The maximum Gasteiger partial charge on any atom is 0.227 e. The number of H-pyrrole nitrogens is 2. The molecule has 0 unspecified atom stereocenters. The molecule has 0 spiro atoms. The Kier molecular flexibility index (Phi) is 7.32. The van der Waals surface area contributed by atoms with Crippen LogP contribution in [0.1, 0.15) is 31.2 Å². The average Bonchev–Trinajstić information content (AvgIpc) is 3.79. The number of sulfone groups is 1. The van der Waals surface area contributed by atoms with Crippen molar-refractivity contribution in [2.75, 3.05) is 17.3 Å². The summed E-state index contributed by atoms with van der Waals surface area (Å²) in [7, 11) is -3.21. The van der Waals surface area contributed by atoms with E-state index in [9.17, 15) is 17.6 Å². The van der Waals surface area contributed by atoms with E-state index >= 15 is 0 Å². The highest BCUT2D eigenvalue weighted by Gasteiger charge is 2.23. The lowest BCUT2D eigenvalue weighted by molar-refractivity contribution is -0.119. The van der Waals surface area contributed by atoms with E-state index in [1.165, 1.54) is 12.1 Å². The summed E-state index contributed by atoms with van der Waals surface area (Å²) in [6, 6.07) is 10.0. The molecular weight excluding hydrogens is 595 g/mol. The van der Waals surface area contributed by atoms with E-state index in [4.69, 9.17) is 4.98 Å². The number of benzene rings is 1. The Bertz CT molecular complexity index is 2190. The molecule has 1 fully saturated rings. The number of carbonyl (C=O) groups excluding carboxylic acids is 1. The number of hydrogen-bond acceptors (Lipinski definition) is 8. The van der Waals surface area contributed by atoms with E-state index in [1.807, 2.05) is 12.1 Å². The highest BCUT2D eigenvalue weighted by molar-refractivity contribution is 7.90. The summed E-state index contributed by atoms with van der Waals surface area (Å²) < 4.78 is 38.0. The summed E-state index contributed by atoms with van der Waals surface area (Å²) >= 11 is 0. The SMILES string of the molecule is CS(=O)(=O)CCc1cc(F)cc(-c2nccc3[nH]c(-c4[nH]nc5ncc(-c6cncc(NC(=O)C7CCCC7)c6)cc45)nc23)c1. The Labute approximate surface area is 257 Å². The van der Waals surface area contributed by atoms with Crippen LogP contribution >= 0.6 is 0 Å². The largest absolute Gasteiger partial charge is 0.337 e. The number of anilines is 1. The van der Waals surface area contributed by atoms with Gasteiger partial charge in [-0.25, -0.2) is 22.8 Å². The second kappa shape index (κ2) is 11.5. The summed E-state index contributed by atoms with van der Waals surface area (Å²) in [6.45, 7) is 0. The van der Waals surface area contributed by atoms with Crippen LogP contribution in [0.4, 0.5) is 10.1 Å². The number of hydrogen-bond donors (Lipinski definition) is 3. The topological polar surface area (TPSA) is 159 Å². The molecule has 1 aromatic carbocycles. The number of aromatic amines is 2. The van der Waals surface area contributed by atoms with E-state index in [0.29, 0.717) is 50.7 Å². The summed E-state index contributed by atoms with van der Waals surface area (Å²) in [5.41, 5.74) is 6.01. The van der Waals surface area contributed by atoms with Crippen LogP contribution in [0.25, 0.3) is 56.0 Å². The summed E-state index contributed by atoms with van der Waals surface area (Å²) in [5.74, 6) is -0.00867. The van der Waals surface area contributed by atoms with Crippen LogP contribution in [0, 0.1) is 11.7 Å². The number of pyridine rings is 3. The van der Waals surface area contributed by atoms with Crippen molar-refractivity contribution in [2.45, 2.75) is 32.1 Å². The second-order valence-corrected chi connectivity index (χ2v) is 13.8. The van der Waals surface area contributed by atoms with Gasteiger partial charge in [0.1, 0.15) is 26.9 Å². The Morgan fingerprint density at radius 2 is 1.84 bits per heavy atom. The minimum Gasteiger partial charge on any atom is -0.337 e. The molecule has 228 valence electrons. The van der Waals surface area contributed by atoms with E-state index in [-0.39, 0.29) is 24.0 Å². The Morgan fingerprint density at radius 1 is 1.02 bits per heavy atom. The third kappa shape index (κ3) is 6.03. The van der Waals surface area contributed by atoms with Gasteiger partial charge in [-0.3, -0.25) is 19.9 Å². The van der Waals surface area contributed by atoms with Crippen molar-refractivity contribution < 1.29 is 17.6 Å². The standard InChI is InChI=1S/C32H29FN8O3S/c1-45(43,44)9-7-18-10-20(12-23(33)11-18)27-29-26(6-8-35-27)38-31(39-29)28-25-14-22(16-36-30(25)41-40-28)21-13-24(17-34-15-21)37-32(42)19-4-2-3-5-19/h6,8,10-17,19H,2-5,7,9H2,1H3,(H,37,42)(H,38,39)(H,36,40,41). The zero-order valence-corrected chi connectivity index (χ0v) is 25.2. The van der Waals surface area contributed by atoms with Gasteiger partial charge in [0.05, 0.1) is 34.2 Å². The van der Waals surface area contributed by atoms with E-state index in [2.05, 4.69) is 35.5 Å². The average molecular weight is 625 g/mol. The number of aryl methyl sites for hydroxylation is 1. The molecule has 1 aliphatic rings. The Hall–Kier alpha value is -5.04. The second-order valence-electron chi connectivity index (χ2n) is 11.5. The van der Waals surface area contributed by atoms with E-state index < -0.39 is 15.7 Å². The molecule has 13 heteroatoms. The molecule has 1 aliphatic carbocycles. The summed E-state index contributed by atoms with van der Waals surface area (Å²) in [4.78, 5) is 34.2. The fraction of sp³-hybridized carbons (Fsp3) is 0.250. The fourth-order valence-electron chi connectivity index (χ4n) is 5.84. The molecular formula is C32H29FN8O3S. The molecule has 5 heterocycles. The van der Waals surface area contributed by atoms with Crippen LogP contribution in [-0.2, 0) is 21.1 Å². The highest BCUT2D eigenvalue weighted by atomic mass is 32.2. The van der Waals surface area contributed by atoms with Crippen molar-refractivity contribution in [3.8, 4) is 33.9 Å². The lowest BCUT2D eigenvalue weighted by Crippen LogP contribution is -2.20. The number of halogens is 1.